The molecule has 1 aliphatic heterocycles. The molecule has 0 radical (unpaired) electrons. The molecule has 0 aromatic carbocycles. The van der Waals surface area contributed by atoms with Crippen LogP contribution in [0.5, 0.6) is 0 Å². The van der Waals surface area contributed by atoms with Crippen molar-refractivity contribution < 1.29 is 4.74 Å². The summed E-state index contributed by atoms with van der Waals surface area (Å²) in [5.74, 6) is 0. The predicted molar refractivity (Wildman–Crippen MR) is 76.4 cm³/mol. The molecule has 0 bridgehead atoms. The van der Waals surface area contributed by atoms with E-state index >= 15 is 0 Å². The Labute approximate surface area is 120 Å². The Morgan fingerprint density at radius 3 is 2.55 bits per heavy atom. The molecule has 1 atom stereocenters. The first kappa shape index (κ1) is 14.0. The molecule has 0 amide bonds. The third-order valence-electron chi connectivity index (χ3n) is 4.98. The lowest BCUT2D eigenvalue weighted by Crippen LogP contribution is -2.58. The molecule has 20 heavy (non-hydrogen) atoms. The topological polar surface area (TPSA) is 55.2 Å². The molecule has 1 N–H and O–H groups in total. The highest BCUT2D eigenvalue weighted by Gasteiger charge is 2.47. The summed E-state index contributed by atoms with van der Waals surface area (Å²) >= 11 is 0. The van der Waals surface area contributed by atoms with Crippen LogP contribution in [-0.2, 0) is 11.8 Å². The average molecular weight is 279 g/mol. The van der Waals surface area contributed by atoms with Gasteiger partial charge in [-0.3, -0.25) is 9.58 Å². The normalized spacial score (nSPS) is 24.9. The first-order valence-corrected chi connectivity index (χ1v) is 7.62. The van der Waals surface area contributed by atoms with E-state index in [0.29, 0.717) is 0 Å². The minimum atomic E-state index is 0.188. The average Bonchev–Trinajstić information content (AvgIpc) is 3.12. The van der Waals surface area contributed by atoms with E-state index in [1.54, 1.807) is 0 Å². The van der Waals surface area contributed by atoms with Crippen molar-refractivity contribution in [1.82, 2.24) is 25.2 Å². The molecular formula is C14H25N5O. The van der Waals surface area contributed by atoms with Crippen LogP contribution in [-0.4, -0.2) is 58.8 Å². The van der Waals surface area contributed by atoms with Gasteiger partial charge in [0.1, 0.15) is 0 Å². The van der Waals surface area contributed by atoms with Crippen LogP contribution >= 0.6 is 0 Å². The molecule has 1 aliphatic carbocycles. The van der Waals surface area contributed by atoms with Crippen molar-refractivity contribution in [3.63, 3.8) is 0 Å². The summed E-state index contributed by atoms with van der Waals surface area (Å²) in [5.41, 5.74) is 1.37. The molecule has 2 aliphatic rings. The highest BCUT2D eigenvalue weighted by atomic mass is 16.5. The number of aryl methyl sites for hydroxylation is 1. The monoisotopic (exact) mass is 279 g/mol. The highest BCUT2D eigenvalue weighted by Crippen LogP contribution is 2.44. The van der Waals surface area contributed by atoms with Gasteiger partial charge in [0.05, 0.1) is 31.1 Å². The van der Waals surface area contributed by atoms with Crippen LogP contribution in [0, 0.1) is 0 Å². The molecule has 2 fully saturated rings. The third kappa shape index (κ3) is 2.25. The van der Waals surface area contributed by atoms with Crippen molar-refractivity contribution >= 4 is 0 Å². The number of hydrogen-bond acceptors (Lipinski definition) is 5. The SMILES string of the molecule is CNC(c1cnnn1C)C1(N2CCOCC2)CCCC1. The quantitative estimate of drug-likeness (QED) is 0.880. The summed E-state index contributed by atoms with van der Waals surface area (Å²) in [6.45, 7) is 3.76. The summed E-state index contributed by atoms with van der Waals surface area (Å²) in [5, 5.41) is 11.7. The maximum absolute atomic E-state index is 5.54. The Balaban J connectivity index is 1.93. The van der Waals surface area contributed by atoms with Gasteiger partial charge in [0.25, 0.3) is 0 Å². The second-order valence-electron chi connectivity index (χ2n) is 5.91. The predicted octanol–water partition coefficient (Wildman–Crippen LogP) is 0.721. The van der Waals surface area contributed by atoms with E-state index in [1.165, 1.54) is 31.4 Å². The van der Waals surface area contributed by atoms with E-state index in [4.69, 9.17) is 4.74 Å². The number of hydrogen-bond donors (Lipinski definition) is 1. The van der Waals surface area contributed by atoms with Gasteiger partial charge in [-0.1, -0.05) is 18.1 Å². The van der Waals surface area contributed by atoms with E-state index in [2.05, 4.69) is 27.6 Å². The maximum Gasteiger partial charge on any atom is 0.0772 e. The van der Waals surface area contributed by atoms with Gasteiger partial charge in [-0.15, -0.1) is 5.10 Å². The molecule has 1 aromatic heterocycles. The van der Waals surface area contributed by atoms with Gasteiger partial charge in [0, 0.05) is 25.7 Å². The fourth-order valence-corrected chi connectivity index (χ4v) is 4.03. The number of nitrogens with zero attached hydrogens (tertiary/aromatic N) is 4. The summed E-state index contributed by atoms with van der Waals surface area (Å²) < 4.78 is 7.44. The first-order valence-electron chi connectivity index (χ1n) is 7.62. The number of likely N-dealkylation sites (N-methyl/N-ethyl adjacent to an activating group) is 1. The van der Waals surface area contributed by atoms with Crippen molar-refractivity contribution in [3.05, 3.63) is 11.9 Å². The molecule has 1 aromatic rings. The Kier molecular flexibility index (Phi) is 4.05. The Morgan fingerprint density at radius 2 is 2.00 bits per heavy atom. The van der Waals surface area contributed by atoms with Crippen LogP contribution in [0.4, 0.5) is 0 Å². The van der Waals surface area contributed by atoms with Crippen molar-refractivity contribution in [1.29, 1.82) is 0 Å². The summed E-state index contributed by atoms with van der Waals surface area (Å²) in [6.07, 6.45) is 7.00. The number of ether oxygens (including phenoxy) is 1. The molecule has 3 rings (SSSR count). The number of nitrogens with one attached hydrogen (secondary N) is 1. The van der Waals surface area contributed by atoms with Crippen molar-refractivity contribution in [2.45, 2.75) is 37.3 Å². The lowest BCUT2D eigenvalue weighted by atomic mass is 9.83. The van der Waals surface area contributed by atoms with Crippen LogP contribution in [0.15, 0.2) is 6.20 Å². The Bertz CT molecular complexity index is 435. The van der Waals surface area contributed by atoms with Crippen molar-refractivity contribution in [2.24, 2.45) is 7.05 Å². The van der Waals surface area contributed by atoms with Crippen LogP contribution in [0.2, 0.25) is 0 Å². The zero-order valence-corrected chi connectivity index (χ0v) is 12.5. The Hall–Kier alpha value is -0.980. The van der Waals surface area contributed by atoms with Gasteiger partial charge in [-0.25, -0.2) is 0 Å². The lowest BCUT2D eigenvalue weighted by molar-refractivity contribution is -0.0364. The van der Waals surface area contributed by atoms with Gasteiger partial charge >= 0.3 is 0 Å². The van der Waals surface area contributed by atoms with E-state index < -0.39 is 0 Å². The van der Waals surface area contributed by atoms with Crippen LogP contribution in [0.25, 0.3) is 0 Å². The summed E-state index contributed by atoms with van der Waals surface area (Å²) in [6, 6.07) is 0.281. The second kappa shape index (κ2) is 5.79. The summed E-state index contributed by atoms with van der Waals surface area (Å²) in [7, 11) is 4.03. The van der Waals surface area contributed by atoms with Crippen LogP contribution in [0.3, 0.4) is 0 Å². The maximum atomic E-state index is 5.54. The highest BCUT2D eigenvalue weighted by molar-refractivity contribution is 5.15. The summed E-state index contributed by atoms with van der Waals surface area (Å²) in [4.78, 5) is 2.64. The van der Waals surface area contributed by atoms with E-state index in [9.17, 15) is 0 Å². The van der Waals surface area contributed by atoms with E-state index in [0.717, 1.165) is 26.3 Å². The van der Waals surface area contributed by atoms with Gasteiger partial charge < -0.3 is 10.1 Å². The Morgan fingerprint density at radius 1 is 1.30 bits per heavy atom. The lowest BCUT2D eigenvalue weighted by Gasteiger charge is -2.48. The number of morpholine rings is 1. The minimum Gasteiger partial charge on any atom is -0.379 e. The molecule has 6 nitrogen and oxygen atoms in total. The van der Waals surface area contributed by atoms with Crippen LogP contribution in [0.1, 0.15) is 37.4 Å². The molecule has 112 valence electrons. The fraction of sp³-hybridized carbons (Fsp3) is 0.857. The van der Waals surface area contributed by atoms with Crippen LogP contribution < -0.4 is 5.32 Å². The number of rotatable bonds is 4. The molecule has 2 heterocycles. The third-order valence-corrected chi connectivity index (χ3v) is 4.98. The fourth-order valence-electron chi connectivity index (χ4n) is 4.03. The minimum absolute atomic E-state index is 0.188. The largest absolute Gasteiger partial charge is 0.379 e. The molecule has 1 saturated carbocycles. The second-order valence-corrected chi connectivity index (χ2v) is 5.91. The molecule has 1 saturated heterocycles. The standard InChI is InChI=1S/C14H25N5O/c1-15-13(12-11-16-17-18(12)2)14(5-3-4-6-14)19-7-9-20-10-8-19/h11,13,15H,3-10H2,1-2H3. The van der Waals surface area contributed by atoms with Gasteiger partial charge in [-0.05, 0) is 19.9 Å². The zero-order valence-electron chi connectivity index (χ0n) is 12.5. The molecule has 6 heteroatoms. The van der Waals surface area contributed by atoms with Gasteiger partial charge in [0.2, 0.25) is 0 Å². The smallest absolute Gasteiger partial charge is 0.0772 e. The number of aromatic nitrogens is 3. The molecule has 1 unspecified atom stereocenters. The zero-order chi connectivity index (χ0) is 14.0. The van der Waals surface area contributed by atoms with E-state index in [-0.39, 0.29) is 11.6 Å². The van der Waals surface area contributed by atoms with Crippen molar-refractivity contribution in [2.75, 3.05) is 33.4 Å². The van der Waals surface area contributed by atoms with Gasteiger partial charge in [-0.2, -0.15) is 0 Å². The molecule has 0 spiro atoms. The molecular weight excluding hydrogens is 254 g/mol. The van der Waals surface area contributed by atoms with E-state index in [1.807, 2.05) is 17.9 Å². The van der Waals surface area contributed by atoms with Crippen molar-refractivity contribution in [3.8, 4) is 0 Å². The first-order chi connectivity index (χ1) is 9.78. The van der Waals surface area contributed by atoms with Gasteiger partial charge in [0.15, 0.2) is 0 Å².